The first-order chi connectivity index (χ1) is 10.1. The fourth-order valence-corrected chi connectivity index (χ4v) is 2.09. The highest BCUT2D eigenvalue weighted by molar-refractivity contribution is 5.48. The summed E-state index contributed by atoms with van der Waals surface area (Å²) in [5.74, 6) is 1.44. The first kappa shape index (κ1) is 15.4. The second-order valence-corrected chi connectivity index (χ2v) is 5.97. The van der Waals surface area contributed by atoms with Crippen LogP contribution in [-0.4, -0.2) is 16.2 Å². The number of anilines is 1. The molecular weight excluding hydrogens is 262 g/mol. The topological polar surface area (TPSA) is 39.1 Å². The van der Waals surface area contributed by atoms with Crippen molar-refractivity contribution in [2.45, 2.75) is 40.3 Å². The predicted octanol–water partition coefficient (Wildman–Crippen LogP) is 4.11. The highest BCUT2D eigenvalue weighted by atomic mass is 16.5. The van der Waals surface area contributed by atoms with Crippen molar-refractivity contribution in [3.8, 4) is 5.75 Å². The van der Waals surface area contributed by atoms with Gasteiger partial charge < -0.3 is 14.6 Å². The lowest BCUT2D eigenvalue weighted by Gasteiger charge is -2.14. The van der Waals surface area contributed by atoms with E-state index in [9.17, 15) is 0 Å². The number of hydrogen-bond acceptors (Lipinski definition) is 3. The van der Waals surface area contributed by atoms with Gasteiger partial charge >= 0.3 is 0 Å². The maximum Gasteiger partial charge on any atom is 0.121 e. The van der Waals surface area contributed by atoms with Gasteiger partial charge in [-0.1, -0.05) is 19.9 Å². The third-order valence-electron chi connectivity index (χ3n) is 3.19. The molecule has 114 valence electrons. The van der Waals surface area contributed by atoms with Gasteiger partial charge in [0.1, 0.15) is 5.75 Å². The summed E-state index contributed by atoms with van der Waals surface area (Å²) < 4.78 is 7.92. The summed E-state index contributed by atoms with van der Waals surface area (Å²) in [5.41, 5.74) is 2.24. The van der Waals surface area contributed by atoms with Gasteiger partial charge in [-0.25, -0.2) is 4.98 Å². The van der Waals surface area contributed by atoms with Crippen molar-refractivity contribution in [2.24, 2.45) is 5.92 Å². The van der Waals surface area contributed by atoms with E-state index in [2.05, 4.69) is 48.6 Å². The van der Waals surface area contributed by atoms with E-state index >= 15 is 0 Å². The van der Waals surface area contributed by atoms with E-state index in [1.165, 1.54) is 5.69 Å². The minimum atomic E-state index is 0.421. The lowest BCUT2D eigenvalue weighted by Crippen LogP contribution is -2.09. The first-order valence-corrected chi connectivity index (χ1v) is 7.53. The van der Waals surface area contributed by atoms with Gasteiger partial charge in [-0.2, -0.15) is 0 Å². The second kappa shape index (κ2) is 7.16. The van der Waals surface area contributed by atoms with Crippen LogP contribution in [0.4, 0.5) is 5.69 Å². The molecule has 0 spiro atoms. The molecule has 0 aliphatic heterocycles. The van der Waals surface area contributed by atoms with Crippen LogP contribution in [0.2, 0.25) is 0 Å². The molecule has 0 radical (unpaired) electrons. The van der Waals surface area contributed by atoms with Crippen molar-refractivity contribution in [1.29, 1.82) is 0 Å². The number of hydrogen-bond donors (Lipinski definition) is 1. The highest BCUT2D eigenvalue weighted by Crippen LogP contribution is 2.19. The summed E-state index contributed by atoms with van der Waals surface area (Å²) in [6, 6.07) is 8.52. The average molecular weight is 287 g/mol. The molecule has 21 heavy (non-hydrogen) atoms. The zero-order valence-electron chi connectivity index (χ0n) is 13.3. The molecule has 0 bridgehead atoms. The number of imidazole rings is 1. The fourth-order valence-electron chi connectivity index (χ4n) is 2.09. The molecule has 0 aliphatic rings. The SMILES string of the molecule is CC(C)COc1cccc(NCc2cncn2C(C)C)c1. The molecule has 1 aromatic carbocycles. The second-order valence-electron chi connectivity index (χ2n) is 5.97. The summed E-state index contributed by atoms with van der Waals surface area (Å²) in [5, 5.41) is 3.43. The molecule has 1 aromatic heterocycles. The van der Waals surface area contributed by atoms with Gasteiger partial charge in [0.25, 0.3) is 0 Å². The Balaban J connectivity index is 1.96. The van der Waals surface area contributed by atoms with Crippen LogP contribution >= 0.6 is 0 Å². The predicted molar refractivity (Wildman–Crippen MR) is 86.7 cm³/mol. The van der Waals surface area contributed by atoms with Crippen molar-refractivity contribution in [3.63, 3.8) is 0 Å². The lowest BCUT2D eigenvalue weighted by molar-refractivity contribution is 0.271. The van der Waals surface area contributed by atoms with E-state index in [4.69, 9.17) is 4.74 Å². The fraction of sp³-hybridized carbons (Fsp3) is 0.471. The van der Waals surface area contributed by atoms with Crippen LogP contribution in [0.15, 0.2) is 36.8 Å². The third kappa shape index (κ3) is 4.52. The van der Waals surface area contributed by atoms with Crippen molar-refractivity contribution in [3.05, 3.63) is 42.5 Å². The molecule has 4 nitrogen and oxygen atoms in total. The van der Waals surface area contributed by atoms with E-state index in [1.54, 1.807) is 0 Å². The Labute approximate surface area is 127 Å². The van der Waals surface area contributed by atoms with Gasteiger partial charge in [-0.15, -0.1) is 0 Å². The van der Waals surface area contributed by atoms with Crippen LogP contribution in [0.3, 0.4) is 0 Å². The summed E-state index contributed by atoms with van der Waals surface area (Å²) >= 11 is 0. The number of nitrogens with zero attached hydrogens (tertiary/aromatic N) is 2. The van der Waals surface area contributed by atoms with Crippen LogP contribution in [-0.2, 0) is 6.54 Å². The molecule has 0 saturated heterocycles. The Kier molecular flexibility index (Phi) is 5.26. The van der Waals surface area contributed by atoms with Crippen LogP contribution in [0.1, 0.15) is 39.4 Å². The molecule has 0 saturated carbocycles. The molecule has 1 N–H and O–H groups in total. The first-order valence-electron chi connectivity index (χ1n) is 7.53. The molecule has 2 rings (SSSR count). The molecule has 4 heteroatoms. The number of nitrogens with one attached hydrogen (secondary N) is 1. The summed E-state index contributed by atoms with van der Waals surface area (Å²) in [6.45, 7) is 10.1. The van der Waals surface area contributed by atoms with Crippen molar-refractivity contribution >= 4 is 5.69 Å². The van der Waals surface area contributed by atoms with E-state index in [-0.39, 0.29) is 0 Å². The van der Waals surface area contributed by atoms with Crippen LogP contribution in [0.5, 0.6) is 5.75 Å². The Morgan fingerprint density at radius 2 is 2.05 bits per heavy atom. The maximum atomic E-state index is 5.75. The van der Waals surface area contributed by atoms with Gasteiger partial charge in [0.2, 0.25) is 0 Å². The van der Waals surface area contributed by atoms with E-state index < -0.39 is 0 Å². The third-order valence-corrected chi connectivity index (χ3v) is 3.19. The van der Waals surface area contributed by atoms with Gasteiger partial charge in [-0.05, 0) is 31.9 Å². The van der Waals surface area contributed by atoms with Gasteiger partial charge in [0.05, 0.1) is 25.2 Å². The average Bonchev–Trinajstić information content (AvgIpc) is 2.92. The minimum absolute atomic E-state index is 0.421. The molecule has 1 heterocycles. The standard InChI is InChI=1S/C17H25N3O/c1-13(2)11-21-17-7-5-6-15(8-17)19-10-16-9-18-12-20(16)14(3)4/h5-9,12-14,19H,10-11H2,1-4H3. The highest BCUT2D eigenvalue weighted by Gasteiger charge is 2.05. The molecular formula is C17H25N3O. The number of rotatable bonds is 7. The largest absolute Gasteiger partial charge is 0.493 e. The van der Waals surface area contributed by atoms with Crippen molar-refractivity contribution in [1.82, 2.24) is 9.55 Å². The Morgan fingerprint density at radius 1 is 1.24 bits per heavy atom. The van der Waals surface area contributed by atoms with Crippen molar-refractivity contribution in [2.75, 3.05) is 11.9 Å². The van der Waals surface area contributed by atoms with Crippen molar-refractivity contribution < 1.29 is 4.74 Å². The minimum Gasteiger partial charge on any atom is -0.493 e. The molecule has 0 fully saturated rings. The monoisotopic (exact) mass is 287 g/mol. The Hall–Kier alpha value is -1.97. The van der Waals surface area contributed by atoms with Crippen LogP contribution in [0, 0.1) is 5.92 Å². The maximum absolute atomic E-state index is 5.75. The summed E-state index contributed by atoms with van der Waals surface area (Å²) in [7, 11) is 0. The van der Waals surface area contributed by atoms with Gasteiger partial charge in [0.15, 0.2) is 0 Å². The number of ether oxygens (including phenoxy) is 1. The number of aromatic nitrogens is 2. The number of benzene rings is 1. The molecule has 0 unspecified atom stereocenters. The van der Waals surface area contributed by atoms with Gasteiger partial charge in [0, 0.05) is 24.0 Å². The zero-order valence-corrected chi connectivity index (χ0v) is 13.3. The van der Waals surface area contributed by atoms with Gasteiger partial charge in [-0.3, -0.25) is 0 Å². The van der Waals surface area contributed by atoms with E-state index in [0.29, 0.717) is 12.0 Å². The van der Waals surface area contributed by atoms with Crippen LogP contribution in [0.25, 0.3) is 0 Å². The zero-order chi connectivity index (χ0) is 15.2. The summed E-state index contributed by atoms with van der Waals surface area (Å²) in [4.78, 5) is 4.22. The molecule has 0 atom stereocenters. The molecule has 0 amide bonds. The quantitative estimate of drug-likeness (QED) is 0.833. The molecule has 2 aromatic rings. The van der Waals surface area contributed by atoms with E-state index in [1.807, 2.05) is 30.7 Å². The van der Waals surface area contributed by atoms with Crippen LogP contribution < -0.4 is 10.1 Å². The Morgan fingerprint density at radius 3 is 2.76 bits per heavy atom. The Bertz CT molecular complexity index is 561. The molecule has 0 aliphatic carbocycles. The van der Waals surface area contributed by atoms with E-state index in [0.717, 1.165) is 24.6 Å². The normalized spacial score (nSPS) is 11.1. The smallest absolute Gasteiger partial charge is 0.121 e. The lowest BCUT2D eigenvalue weighted by atomic mass is 10.2. The summed E-state index contributed by atoms with van der Waals surface area (Å²) in [6.07, 6.45) is 3.79.